The Balaban J connectivity index is 1.48. The van der Waals surface area contributed by atoms with Crippen LogP contribution >= 0.6 is 0 Å². The molecular weight excluding hydrogens is 366 g/mol. The van der Waals surface area contributed by atoms with Gasteiger partial charge in [0.15, 0.2) is 0 Å². The van der Waals surface area contributed by atoms with E-state index in [1.807, 2.05) is 55.8 Å². The van der Waals surface area contributed by atoms with Crippen molar-refractivity contribution in [2.24, 2.45) is 0 Å². The van der Waals surface area contributed by atoms with Crippen molar-refractivity contribution in [3.8, 4) is 5.69 Å². The quantitative estimate of drug-likeness (QED) is 0.751. The Labute approximate surface area is 172 Å². The second kappa shape index (κ2) is 9.69. The first-order chi connectivity index (χ1) is 14.0. The average Bonchev–Trinajstić information content (AvgIpc) is 3.06. The Morgan fingerprint density at radius 2 is 1.83 bits per heavy atom. The lowest BCUT2D eigenvalue weighted by molar-refractivity contribution is -0.122. The number of hydrogen-bond acceptors (Lipinski definition) is 4. The van der Waals surface area contributed by atoms with Crippen LogP contribution in [0, 0.1) is 13.8 Å². The highest BCUT2D eigenvalue weighted by Crippen LogP contribution is 2.15. The topological polar surface area (TPSA) is 79.3 Å². The molecule has 3 rings (SSSR count). The minimum absolute atomic E-state index is 0.0518. The van der Waals surface area contributed by atoms with Crippen LogP contribution in [0.15, 0.2) is 30.3 Å². The first-order valence-electron chi connectivity index (χ1n) is 10.4. The van der Waals surface area contributed by atoms with Crippen molar-refractivity contribution in [2.45, 2.75) is 46.1 Å². The molecule has 0 atom stereocenters. The van der Waals surface area contributed by atoms with Gasteiger partial charge in [-0.25, -0.2) is 4.68 Å². The lowest BCUT2D eigenvalue weighted by Gasteiger charge is -2.31. The van der Waals surface area contributed by atoms with Crippen LogP contribution in [0.4, 0.5) is 0 Å². The number of carbonyl (C=O) groups is 2. The number of piperidine rings is 1. The highest BCUT2D eigenvalue weighted by Gasteiger charge is 2.22. The van der Waals surface area contributed by atoms with Gasteiger partial charge in [0.2, 0.25) is 5.91 Å². The molecule has 1 aliphatic heterocycles. The molecule has 1 saturated heterocycles. The second-order valence-electron chi connectivity index (χ2n) is 7.76. The summed E-state index contributed by atoms with van der Waals surface area (Å²) in [6.07, 6.45) is 2.66. The van der Waals surface area contributed by atoms with E-state index < -0.39 is 0 Å². The van der Waals surface area contributed by atoms with E-state index in [4.69, 9.17) is 0 Å². The molecule has 7 heteroatoms. The van der Waals surface area contributed by atoms with Crippen LogP contribution < -0.4 is 10.6 Å². The zero-order chi connectivity index (χ0) is 20.8. The molecule has 1 aromatic heterocycles. The van der Waals surface area contributed by atoms with Crippen LogP contribution in [0.2, 0.25) is 0 Å². The number of rotatable bonds is 7. The van der Waals surface area contributed by atoms with E-state index in [-0.39, 0.29) is 17.9 Å². The minimum atomic E-state index is -0.0518. The summed E-state index contributed by atoms with van der Waals surface area (Å²) in [7, 11) is 0. The minimum Gasteiger partial charge on any atom is -0.355 e. The maximum absolute atomic E-state index is 12.6. The third-order valence-electron chi connectivity index (χ3n) is 5.25. The van der Waals surface area contributed by atoms with Crippen LogP contribution in [0.25, 0.3) is 5.69 Å². The van der Waals surface area contributed by atoms with Gasteiger partial charge in [-0.1, -0.05) is 6.92 Å². The Morgan fingerprint density at radius 1 is 1.14 bits per heavy atom. The number of aryl methyl sites for hydroxylation is 2. The van der Waals surface area contributed by atoms with Gasteiger partial charge in [0.05, 0.1) is 17.9 Å². The molecule has 2 amide bonds. The van der Waals surface area contributed by atoms with E-state index in [0.29, 0.717) is 12.1 Å². The van der Waals surface area contributed by atoms with Crippen molar-refractivity contribution in [3.05, 3.63) is 47.3 Å². The maximum atomic E-state index is 12.6. The van der Waals surface area contributed by atoms with E-state index >= 15 is 0 Å². The fraction of sp³-hybridized carbons (Fsp3) is 0.500. The third kappa shape index (κ3) is 5.67. The van der Waals surface area contributed by atoms with Gasteiger partial charge in [-0.3, -0.25) is 14.5 Å². The number of likely N-dealkylation sites (tertiary alicyclic amines) is 1. The zero-order valence-electron chi connectivity index (χ0n) is 17.6. The zero-order valence-corrected chi connectivity index (χ0v) is 17.6. The molecule has 0 aliphatic carbocycles. The van der Waals surface area contributed by atoms with E-state index in [1.54, 1.807) is 0 Å². The third-order valence-corrected chi connectivity index (χ3v) is 5.25. The second-order valence-corrected chi connectivity index (χ2v) is 7.76. The van der Waals surface area contributed by atoms with Crippen LogP contribution in [-0.4, -0.2) is 58.7 Å². The van der Waals surface area contributed by atoms with Crippen LogP contribution in [0.3, 0.4) is 0 Å². The fourth-order valence-electron chi connectivity index (χ4n) is 3.67. The summed E-state index contributed by atoms with van der Waals surface area (Å²) in [4.78, 5) is 26.6. The van der Waals surface area contributed by atoms with E-state index in [0.717, 1.165) is 56.0 Å². The molecular formula is C22H31N5O2. The number of carbonyl (C=O) groups excluding carboxylic acids is 2. The van der Waals surface area contributed by atoms with Gasteiger partial charge in [0.25, 0.3) is 5.91 Å². The van der Waals surface area contributed by atoms with E-state index in [2.05, 4.69) is 20.6 Å². The number of hydrogen-bond donors (Lipinski definition) is 2. The number of nitrogens with zero attached hydrogens (tertiary/aromatic N) is 3. The number of benzene rings is 1. The molecule has 0 spiro atoms. The molecule has 7 nitrogen and oxygen atoms in total. The first kappa shape index (κ1) is 21.0. The summed E-state index contributed by atoms with van der Waals surface area (Å²) in [5, 5.41) is 10.5. The van der Waals surface area contributed by atoms with E-state index in [1.165, 1.54) is 0 Å². The molecule has 2 heterocycles. The van der Waals surface area contributed by atoms with Crippen molar-refractivity contribution >= 4 is 11.8 Å². The van der Waals surface area contributed by atoms with Gasteiger partial charge >= 0.3 is 0 Å². The van der Waals surface area contributed by atoms with Gasteiger partial charge in [-0.05, 0) is 63.4 Å². The highest BCUT2D eigenvalue weighted by atomic mass is 16.2. The molecule has 0 radical (unpaired) electrons. The molecule has 0 saturated carbocycles. The lowest BCUT2D eigenvalue weighted by atomic mass is 10.0. The fourth-order valence-corrected chi connectivity index (χ4v) is 3.67. The summed E-state index contributed by atoms with van der Waals surface area (Å²) in [6.45, 7) is 8.83. The Kier molecular flexibility index (Phi) is 7.04. The summed E-state index contributed by atoms with van der Waals surface area (Å²) >= 11 is 0. The highest BCUT2D eigenvalue weighted by molar-refractivity contribution is 5.94. The molecule has 0 bridgehead atoms. The molecule has 1 aromatic carbocycles. The largest absolute Gasteiger partial charge is 0.355 e. The average molecular weight is 398 g/mol. The van der Waals surface area contributed by atoms with Crippen molar-refractivity contribution in [1.29, 1.82) is 0 Å². The first-order valence-corrected chi connectivity index (χ1v) is 10.4. The predicted octanol–water partition coefficient (Wildman–Crippen LogP) is 2.21. The molecule has 1 fully saturated rings. The molecule has 2 N–H and O–H groups in total. The van der Waals surface area contributed by atoms with Gasteiger partial charge < -0.3 is 10.6 Å². The summed E-state index contributed by atoms with van der Waals surface area (Å²) in [5.74, 6) is 0.0288. The monoisotopic (exact) mass is 397 g/mol. The van der Waals surface area contributed by atoms with Crippen molar-refractivity contribution < 1.29 is 9.59 Å². The molecule has 156 valence electrons. The SMILES string of the molecule is CCCNC(=O)CN1CCC(NC(=O)c2ccc(-n3nc(C)cc3C)cc2)CC1. The van der Waals surface area contributed by atoms with Crippen LogP contribution in [0.5, 0.6) is 0 Å². The van der Waals surface area contributed by atoms with Gasteiger partial charge in [-0.15, -0.1) is 0 Å². The summed E-state index contributed by atoms with van der Waals surface area (Å²) in [6, 6.07) is 9.70. The van der Waals surface area contributed by atoms with Gasteiger partial charge in [-0.2, -0.15) is 5.10 Å². The van der Waals surface area contributed by atoms with Crippen LogP contribution in [0.1, 0.15) is 47.9 Å². The van der Waals surface area contributed by atoms with Gasteiger partial charge in [0.1, 0.15) is 0 Å². The maximum Gasteiger partial charge on any atom is 0.251 e. The Morgan fingerprint density at radius 3 is 2.41 bits per heavy atom. The summed E-state index contributed by atoms with van der Waals surface area (Å²) < 4.78 is 1.88. The van der Waals surface area contributed by atoms with Crippen LogP contribution in [-0.2, 0) is 4.79 Å². The standard InChI is InChI=1S/C22H31N5O2/c1-4-11-23-21(28)15-26-12-9-19(10-13-26)24-22(29)18-5-7-20(8-6-18)27-17(3)14-16(2)25-27/h5-8,14,19H,4,9-13,15H2,1-3H3,(H,23,28)(H,24,29). The molecule has 29 heavy (non-hydrogen) atoms. The Bertz CT molecular complexity index is 835. The molecule has 1 aliphatic rings. The lowest BCUT2D eigenvalue weighted by Crippen LogP contribution is -2.47. The molecule has 2 aromatic rings. The predicted molar refractivity (Wildman–Crippen MR) is 113 cm³/mol. The molecule has 0 unspecified atom stereocenters. The van der Waals surface area contributed by atoms with Crippen molar-refractivity contribution in [1.82, 2.24) is 25.3 Å². The normalized spacial score (nSPS) is 15.3. The van der Waals surface area contributed by atoms with Gasteiger partial charge in [0, 0.05) is 36.9 Å². The van der Waals surface area contributed by atoms with Crippen molar-refractivity contribution in [3.63, 3.8) is 0 Å². The smallest absolute Gasteiger partial charge is 0.251 e. The number of amides is 2. The number of nitrogens with one attached hydrogen (secondary N) is 2. The van der Waals surface area contributed by atoms with Crippen molar-refractivity contribution in [2.75, 3.05) is 26.2 Å². The Hall–Kier alpha value is -2.67. The number of aromatic nitrogens is 2. The van der Waals surface area contributed by atoms with E-state index in [9.17, 15) is 9.59 Å². The summed E-state index contributed by atoms with van der Waals surface area (Å²) in [5.41, 5.74) is 3.63.